The van der Waals surface area contributed by atoms with Gasteiger partial charge in [-0.25, -0.2) is 4.79 Å². The van der Waals surface area contributed by atoms with Gasteiger partial charge >= 0.3 is 23.0 Å². The molecular weight excluding hydrogens is 510 g/mol. The zero-order valence-electron chi connectivity index (χ0n) is 20.6. The summed E-state index contributed by atoms with van der Waals surface area (Å²) in [4.78, 5) is 40.1. The molecular formula is C27H24N3O7S+. The molecule has 0 radical (unpaired) electrons. The Morgan fingerprint density at radius 1 is 1.16 bits per heavy atom. The van der Waals surface area contributed by atoms with Crippen molar-refractivity contribution < 1.29 is 33.2 Å². The number of hydrazone groups is 1. The minimum Gasteiger partial charge on any atom is -0.497 e. The minimum absolute atomic E-state index is 0.0249. The molecule has 2 aliphatic heterocycles. The lowest BCUT2D eigenvalue weighted by Gasteiger charge is -2.44. The van der Waals surface area contributed by atoms with Crippen molar-refractivity contribution in [3.63, 3.8) is 0 Å². The van der Waals surface area contributed by atoms with Crippen LogP contribution in [0.2, 0.25) is 0 Å². The maximum absolute atomic E-state index is 13.4. The smallest absolute Gasteiger partial charge is 0.355 e. The van der Waals surface area contributed by atoms with Gasteiger partial charge in [-0.3, -0.25) is 9.69 Å². The molecule has 1 fully saturated rings. The normalized spacial score (nSPS) is 19.1. The Bertz CT molecular complexity index is 1450. The summed E-state index contributed by atoms with van der Waals surface area (Å²) in [7, 11) is 1.56. The van der Waals surface area contributed by atoms with Gasteiger partial charge in [0.25, 0.3) is 0 Å². The van der Waals surface area contributed by atoms with Crippen LogP contribution in [-0.4, -0.2) is 57.0 Å². The molecule has 2 atom stereocenters. The number of aryl methyl sites for hydroxylation is 1. The van der Waals surface area contributed by atoms with Gasteiger partial charge in [0.15, 0.2) is 5.37 Å². The highest BCUT2D eigenvalue weighted by molar-refractivity contribution is 8.00. The van der Waals surface area contributed by atoms with E-state index in [2.05, 4.69) is 0 Å². The molecule has 0 unspecified atom stereocenters. The lowest BCUT2D eigenvalue weighted by Crippen LogP contribution is -2.69. The summed E-state index contributed by atoms with van der Waals surface area (Å²) in [6, 6.07) is 18.2. The van der Waals surface area contributed by atoms with Crippen LogP contribution in [0.4, 0.5) is 0 Å². The van der Waals surface area contributed by atoms with Crippen LogP contribution < -0.4 is 4.74 Å². The molecule has 3 heterocycles. The molecule has 0 bridgehead atoms. The number of β-lactam (4-membered cyclic amide) rings is 1. The molecule has 10 nitrogen and oxygen atoms in total. The number of nitrogens with zero attached hydrogens (tertiary/aromatic N) is 3. The number of thioether (sulfide) groups is 1. The van der Waals surface area contributed by atoms with Gasteiger partial charge in [0, 0.05) is 16.9 Å². The molecule has 0 saturated carbocycles. The summed E-state index contributed by atoms with van der Waals surface area (Å²) < 4.78 is 17.3. The van der Waals surface area contributed by atoms with E-state index in [-0.39, 0.29) is 12.3 Å². The molecule has 11 heteroatoms. The number of hydrazine groups is 1. The Morgan fingerprint density at radius 2 is 1.89 bits per heavy atom. The van der Waals surface area contributed by atoms with Crippen LogP contribution >= 0.6 is 11.8 Å². The summed E-state index contributed by atoms with van der Waals surface area (Å²) >= 11 is 1.33. The third kappa shape index (κ3) is 4.80. The highest BCUT2D eigenvalue weighted by Crippen LogP contribution is 2.45. The first-order valence-electron chi connectivity index (χ1n) is 11.7. The molecule has 194 valence electrons. The summed E-state index contributed by atoms with van der Waals surface area (Å²) in [5.74, 6) is 0.801. The van der Waals surface area contributed by atoms with E-state index in [4.69, 9.17) is 13.9 Å². The summed E-state index contributed by atoms with van der Waals surface area (Å²) in [6.07, 6.45) is 1.33. The number of rotatable bonds is 8. The van der Waals surface area contributed by atoms with Gasteiger partial charge in [0.05, 0.1) is 11.8 Å². The number of nitro groups is 1. The maximum atomic E-state index is 13.4. The Morgan fingerprint density at radius 3 is 2.53 bits per heavy atom. The average Bonchev–Trinajstić information content (AvgIpc) is 3.37. The Hall–Kier alpha value is -4.38. The fourth-order valence-corrected chi connectivity index (χ4v) is 5.74. The number of carbonyl (C=O) groups excluding carboxylic acids is 2. The maximum Gasteiger partial charge on any atom is 0.355 e. The van der Waals surface area contributed by atoms with Crippen molar-refractivity contribution in [2.75, 3.05) is 12.9 Å². The van der Waals surface area contributed by atoms with Crippen LogP contribution in [0.15, 0.2) is 76.8 Å². The second-order valence-electron chi connectivity index (χ2n) is 8.67. The van der Waals surface area contributed by atoms with Gasteiger partial charge < -0.3 is 13.9 Å². The number of benzene rings is 2. The van der Waals surface area contributed by atoms with Crippen LogP contribution in [0.3, 0.4) is 0 Å². The van der Waals surface area contributed by atoms with E-state index in [0.29, 0.717) is 34.2 Å². The molecule has 0 spiro atoms. The van der Waals surface area contributed by atoms with Crippen LogP contribution in [-0.2, 0) is 20.9 Å². The Balaban J connectivity index is 1.46. The minimum atomic E-state index is -1.08. The number of fused-ring (bicyclic) bond motifs is 1. The fraction of sp³-hybridized carbons (Fsp3) is 0.222. The van der Waals surface area contributed by atoms with E-state index >= 15 is 0 Å². The topological polar surface area (TPSA) is 115 Å². The molecule has 0 N–H and O–H groups in total. The molecule has 1 amide bonds. The number of amides is 1. The number of hydrogen-bond acceptors (Lipinski definition) is 8. The number of hydrogen-bond donors (Lipinski definition) is 0. The van der Waals surface area contributed by atoms with E-state index in [1.54, 1.807) is 80.8 Å². The van der Waals surface area contributed by atoms with Crippen LogP contribution in [0.25, 0.3) is 5.57 Å². The second-order valence-corrected chi connectivity index (χ2v) is 9.78. The molecule has 0 aliphatic carbocycles. The zero-order chi connectivity index (χ0) is 26.8. The largest absolute Gasteiger partial charge is 0.497 e. The molecule has 3 aromatic rings. The van der Waals surface area contributed by atoms with E-state index < -0.39 is 28.3 Å². The molecule has 2 aromatic carbocycles. The van der Waals surface area contributed by atoms with Crippen molar-refractivity contribution in [3.05, 3.63) is 105 Å². The van der Waals surface area contributed by atoms with Crippen molar-refractivity contribution in [1.29, 1.82) is 0 Å². The van der Waals surface area contributed by atoms with E-state index in [9.17, 15) is 19.7 Å². The van der Waals surface area contributed by atoms with Crippen LogP contribution in [0, 0.1) is 17.0 Å². The predicted molar refractivity (Wildman–Crippen MR) is 139 cm³/mol. The van der Waals surface area contributed by atoms with E-state index in [0.717, 1.165) is 10.2 Å². The Kier molecular flexibility index (Phi) is 7.01. The second kappa shape index (κ2) is 10.5. The first kappa shape index (κ1) is 25.3. The standard InChI is InChI=1S/C27H24N3O7S/c1-17-8-13-22(37-17)21-16-38-26-24(28(30(33)34)14-18-6-4-3-5-7-18)25(31)29(26)23(21)27(32)36-15-19-9-11-20(35-2)12-10-19/h3-14,24,26H,15-16H2,1-2H3/q+1/t24-,26+/m1/s1. The van der Waals surface area contributed by atoms with E-state index in [1.165, 1.54) is 22.9 Å². The summed E-state index contributed by atoms with van der Waals surface area (Å²) in [6.45, 7) is 1.76. The molecule has 1 aromatic heterocycles. The molecule has 5 rings (SSSR count). The van der Waals surface area contributed by atoms with Crippen molar-refractivity contribution >= 4 is 35.4 Å². The van der Waals surface area contributed by atoms with Gasteiger partial charge in [-0.05, 0) is 48.9 Å². The summed E-state index contributed by atoms with van der Waals surface area (Å²) in [5, 5.41) is 10.7. The van der Waals surface area contributed by atoms with Crippen molar-refractivity contribution in [1.82, 2.24) is 4.90 Å². The highest BCUT2D eigenvalue weighted by atomic mass is 32.2. The third-order valence-corrected chi connectivity index (χ3v) is 7.52. The fourth-order valence-electron chi connectivity index (χ4n) is 4.34. The first-order chi connectivity index (χ1) is 18.4. The quantitative estimate of drug-likeness (QED) is 0.107. The highest BCUT2D eigenvalue weighted by Gasteiger charge is 2.64. The number of furan rings is 1. The van der Waals surface area contributed by atoms with Gasteiger partial charge in [-0.1, -0.05) is 30.3 Å². The zero-order valence-corrected chi connectivity index (χ0v) is 21.4. The van der Waals surface area contributed by atoms with Gasteiger partial charge in [-0.15, -0.1) is 11.8 Å². The molecule has 2 aliphatic rings. The van der Waals surface area contributed by atoms with Crippen molar-refractivity contribution in [2.24, 2.45) is 0 Å². The lowest BCUT2D eigenvalue weighted by molar-refractivity contribution is -1.10. The van der Waals surface area contributed by atoms with E-state index in [1.807, 2.05) is 0 Å². The number of methoxy groups -OCH3 is 1. The van der Waals surface area contributed by atoms with Crippen LogP contribution in [0.5, 0.6) is 5.75 Å². The molecule has 38 heavy (non-hydrogen) atoms. The predicted octanol–water partition coefficient (Wildman–Crippen LogP) is 3.66. The Labute approximate surface area is 222 Å². The number of ether oxygens (including phenoxy) is 2. The molecule has 1 saturated heterocycles. The van der Waals surface area contributed by atoms with Gasteiger partial charge in [-0.2, -0.15) is 10.1 Å². The monoisotopic (exact) mass is 534 g/mol. The third-order valence-electron chi connectivity index (χ3n) is 6.25. The number of carbonyl (C=O) groups is 2. The van der Waals surface area contributed by atoms with Crippen molar-refractivity contribution in [2.45, 2.75) is 24.9 Å². The SMILES string of the molecule is COc1ccc(COC(=O)C2=C(c3ccc(C)o3)CS[C@H]3[C@H]([N+](=Cc4ccccc4)[N+](=O)[O-])C(=O)N23)cc1. The average molecular weight is 535 g/mol. The first-order valence-corrected chi connectivity index (χ1v) is 12.8. The lowest BCUT2D eigenvalue weighted by atomic mass is 10.0. The van der Waals surface area contributed by atoms with Crippen LogP contribution in [0.1, 0.15) is 22.6 Å². The number of esters is 1. The van der Waals surface area contributed by atoms with Gasteiger partial charge in [0.2, 0.25) is 6.21 Å². The van der Waals surface area contributed by atoms with Crippen molar-refractivity contribution in [3.8, 4) is 5.75 Å². The van der Waals surface area contributed by atoms with Gasteiger partial charge in [0.1, 0.15) is 29.6 Å². The summed E-state index contributed by atoms with van der Waals surface area (Å²) in [5.41, 5.74) is 1.87.